The van der Waals surface area contributed by atoms with Crippen LogP contribution in [0.1, 0.15) is 33.2 Å². The lowest BCUT2D eigenvalue weighted by molar-refractivity contribution is 0.0926. The minimum absolute atomic E-state index is 0.0393. The first-order valence-corrected chi connectivity index (χ1v) is 10.6. The van der Waals surface area contributed by atoms with Crippen LogP contribution >= 0.6 is 0 Å². The maximum Gasteiger partial charge on any atom is 0.266 e. The summed E-state index contributed by atoms with van der Waals surface area (Å²) in [6, 6.07) is 19.4. The summed E-state index contributed by atoms with van der Waals surface area (Å²) in [5.74, 6) is -0.842. The Kier molecular flexibility index (Phi) is 4.68. The van der Waals surface area contributed by atoms with E-state index in [4.69, 9.17) is 0 Å². The van der Waals surface area contributed by atoms with E-state index in [2.05, 4.69) is 4.72 Å². The molecule has 0 saturated heterocycles. The molecule has 7 heteroatoms. The van der Waals surface area contributed by atoms with Crippen LogP contribution in [-0.4, -0.2) is 20.2 Å². The Balaban J connectivity index is 1.58. The molecule has 0 bridgehead atoms. The van der Waals surface area contributed by atoms with Crippen LogP contribution in [0.15, 0.2) is 77.7 Å². The molecule has 3 aromatic rings. The lowest BCUT2D eigenvalue weighted by atomic mass is 10.1. The fraction of sp³-hybridized carbons (Fsp3) is 0.0909. The summed E-state index contributed by atoms with van der Waals surface area (Å²) < 4.78 is 27.8. The van der Waals surface area contributed by atoms with Crippen LogP contribution in [0.5, 0.6) is 0 Å². The Morgan fingerprint density at radius 3 is 1.86 bits per heavy atom. The summed E-state index contributed by atoms with van der Waals surface area (Å²) in [5.41, 5.74) is 2.57. The van der Waals surface area contributed by atoms with Gasteiger partial charge in [0.2, 0.25) is 0 Å². The number of anilines is 2. The molecule has 2 amide bonds. The maximum atomic E-state index is 12.6. The van der Waals surface area contributed by atoms with Crippen molar-refractivity contribution in [3.8, 4) is 0 Å². The van der Waals surface area contributed by atoms with Crippen LogP contribution in [0.2, 0.25) is 0 Å². The van der Waals surface area contributed by atoms with Crippen molar-refractivity contribution in [1.82, 2.24) is 0 Å². The first kappa shape index (κ1) is 18.9. The Morgan fingerprint density at radius 2 is 1.34 bits per heavy atom. The summed E-state index contributed by atoms with van der Waals surface area (Å²) in [4.78, 5) is 26.2. The summed E-state index contributed by atoms with van der Waals surface area (Å²) >= 11 is 0. The zero-order chi connectivity index (χ0) is 20.6. The van der Waals surface area contributed by atoms with Crippen LogP contribution in [0.3, 0.4) is 0 Å². The van der Waals surface area contributed by atoms with Crippen molar-refractivity contribution in [2.24, 2.45) is 0 Å². The van der Waals surface area contributed by atoms with Crippen molar-refractivity contribution in [2.75, 3.05) is 9.62 Å². The first-order chi connectivity index (χ1) is 13.9. The lowest BCUT2D eigenvalue weighted by Gasteiger charge is -2.15. The van der Waals surface area contributed by atoms with Crippen molar-refractivity contribution in [1.29, 1.82) is 0 Å². The number of carbonyl (C=O) groups is 2. The number of nitrogens with zero attached hydrogens (tertiary/aromatic N) is 1. The summed E-state index contributed by atoms with van der Waals surface area (Å²) in [5, 5.41) is 0. The number of hydrogen-bond acceptors (Lipinski definition) is 4. The van der Waals surface area contributed by atoms with Crippen LogP contribution in [-0.2, 0) is 16.4 Å². The SMILES string of the molecule is CCc1ccc(NS(=O)(=O)c2ccc(N3C(=O)c4ccccc4C3=O)cc2)cc1. The molecule has 0 radical (unpaired) electrons. The lowest BCUT2D eigenvalue weighted by Crippen LogP contribution is -2.29. The van der Waals surface area contributed by atoms with Gasteiger partial charge in [-0.2, -0.15) is 0 Å². The molecular weight excluding hydrogens is 388 g/mol. The predicted octanol–water partition coefficient (Wildman–Crippen LogP) is 3.85. The van der Waals surface area contributed by atoms with Gasteiger partial charge in [-0.3, -0.25) is 14.3 Å². The third-order valence-electron chi connectivity index (χ3n) is 4.81. The Labute approximate surface area is 168 Å². The number of carbonyl (C=O) groups excluding carboxylic acids is 2. The highest BCUT2D eigenvalue weighted by atomic mass is 32.2. The number of aryl methyl sites for hydroxylation is 1. The quantitative estimate of drug-likeness (QED) is 0.653. The highest BCUT2D eigenvalue weighted by Crippen LogP contribution is 2.29. The molecule has 0 fully saturated rings. The smallest absolute Gasteiger partial charge is 0.266 e. The summed E-state index contributed by atoms with van der Waals surface area (Å²) in [6.07, 6.45) is 0.867. The predicted molar refractivity (Wildman–Crippen MR) is 111 cm³/mol. The van der Waals surface area contributed by atoms with Crippen LogP contribution < -0.4 is 9.62 Å². The normalized spacial score (nSPS) is 13.5. The van der Waals surface area contributed by atoms with Crippen molar-refractivity contribution in [2.45, 2.75) is 18.2 Å². The molecule has 3 aromatic carbocycles. The average Bonchev–Trinajstić information content (AvgIpc) is 2.99. The highest BCUT2D eigenvalue weighted by molar-refractivity contribution is 7.92. The highest BCUT2D eigenvalue weighted by Gasteiger charge is 2.36. The number of rotatable bonds is 5. The second-order valence-corrected chi connectivity index (χ2v) is 8.32. The molecule has 29 heavy (non-hydrogen) atoms. The number of nitrogens with one attached hydrogen (secondary N) is 1. The molecule has 0 unspecified atom stereocenters. The van der Waals surface area contributed by atoms with E-state index in [1.54, 1.807) is 36.4 Å². The Bertz CT molecular complexity index is 1170. The van der Waals surface area contributed by atoms with Crippen molar-refractivity contribution in [3.05, 3.63) is 89.5 Å². The minimum Gasteiger partial charge on any atom is -0.280 e. The monoisotopic (exact) mass is 406 g/mol. The van der Waals surface area contributed by atoms with Gasteiger partial charge in [0.15, 0.2) is 0 Å². The molecule has 0 spiro atoms. The molecule has 6 nitrogen and oxygen atoms in total. The van der Waals surface area contributed by atoms with Gasteiger partial charge in [-0.1, -0.05) is 31.2 Å². The Morgan fingerprint density at radius 1 is 0.793 bits per heavy atom. The van der Waals surface area contributed by atoms with Gasteiger partial charge in [-0.05, 0) is 60.5 Å². The molecular formula is C22H18N2O4S. The zero-order valence-corrected chi connectivity index (χ0v) is 16.4. The third-order valence-corrected chi connectivity index (χ3v) is 6.21. The number of imide groups is 1. The van der Waals surface area contributed by atoms with Crippen molar-refractivity contribution < 1.29 is 18.0 Å². The fourth-order valence-corrected chi connectivity index (χ4v) is 4.28. The van der Waals surface area contributed by atoms with Crippen molar-refractivity contribution >= 4 is 33.2 Å². The van der Waals surface area contributed by atoms with E-state index < -0.39 is 21.8 Å². The second kappa shape index (κ2) is 7.18. The van der Waals surface area contributed by atoms with Gasteiger partial charge in [0, 0.05) is 5.69 Å². The first-order valence-electron chi connectivity index (χ1n) is 9.10. The van der Waals surface area contributed by atoms with E-state index in [0.717, 1.165) is 16.9 Å². The van der Waals surface area contributed by atoms with Gasteiger partial charge in [-0.15, -0.1) is 0 Å². The molecule has 1 aliphatic rings. The van der Waals surface area contributed by atoms with Crippen LogP contribution in [0.25, 0.3) is 0 Å². The molecule has 4 rings (SSSR count). The number of hydrogen-bond donors (Lipinski definition) is 1. The summed E-state index contributed by atoms with van der Waals surface area (Å²) in [7, 11) is -3.79. The molecule has 146 valence electrons. The molecule has 0 atom stereocenters. The number of benzene rings is 3. The van der Waals surface area contributed by atoms with Gasteiger partial charge in [0.25, 0.3) is 21.8 Å². The van der Waals surface area contributed by atoms with Gasteiger partial charge < -0.3 is 0 Å². The molecule has 1 aliphatic heterocycles. The average molecular weight is 406 g/mol. The molecule has 0 aromatic heterocycles. The summed E-state index contributed by atoms with van der Waals surface area (Å²) in [6.45, 7) is 2.02. The van der Waals surface area contributed by atoms with E-state index >= 15 is 0 Å². The molecule has 1 N–H and O–H groups in total. The minimum atomic E-state index is -3.79. The van der Waals surface area contributed by atoms with Crippen molar-refractivity contribution in [3.63, 3.8) is 0 Å². The Hall–Kier alpha value is -3.45. The van der Waals surface area contributed by atoms with Crippen LogP contribution in [0.4, 0.5) is 11.4 Å². The van der Waals surface area contributed by atoms with Gasteiger partial charge in [0.1, 0.15) is 0 Å². The standard InChI is InChI=1S/C22H18N2O4S/c1-2-15-7-9-16(10-8-15)23-29(27,28)18-13-11-17(12-14-18)24-21(25)19-5-3-4-6-20(19)22(24)26/h3-14,23H,2H2,1H3. The van der Waals surface area contributed by atoms with Gasteiger partial charge in [-0.25, -0.2) is 13.3 Å². The van der Waals surface area contributed by atoms with E-state index in [0.29, 0.717) is 22.5 Å². The number of sulfonamides is 1. The van der Waals surface area contributed by atoms with E-state index in [1.807, 2.05) is 19.1 Å². The third kappa shape index (κ3) is 3.40. The number of amides is 2. The van der Waals surface area contributed by atoms with E-state index in [-0.39, 0.29) is 4.90 Å². The molecule has 1 heterocycles. The maximum absolute atomic E-state index is 12.6. The van der Waals surface area contributed by atoms with E-state index in [1.165, 1.54) is 24.3 Å². The van der Waals surface area contributed by atoms with Gasteiger partial charge in [0.05, 0.1) is 21.7 Å². The van der Waals surface area contributed by atoms with Crippen LogP contribution in [0, 0.1) is 0 Å². The zero-order valence-electron chi connectivity index (χ0n) is 15.6. The largest absolute Gasteiger partial charge is 0.280 e. The topological polar surface area (TPSA) is 83.6 Å². The number of fused-ring (bicyclic) bond motifs is 1. The molecule has 0 saturated carbocycles. The van der Waals surface area contributed by atoms with Gasteiger partial charge >= 0.3 is 0 Å². The fourth-order valence-electron chi connectivity index (χ4n) is 3.22. The second-order valence-electron chi connectivity index (χ2n) is 6.64. The van der Waals surface area contributed by atoms with E-state index in [9.17, 15) is 18.0 Å². The molecule has 0 aliphatic carbocycles.